The van der Waals surface area contributed by atoms with Crippen LogP contribution in [-0.2, 0) is 9.53 Å². The van der Waals surface area contributed by atoms with Crippen LogP contribution in [0.25, 0.3) is 0 Å². The van der Waals surface area contributed by atoms with Gasteiger partial charge in [0.1, 0.15) is 5.78 Å². The molecule has 1 unspecified atom stereocenters. The number of carbonyl (C=O) groups is 1. The Morgan fingerprint density at radius 2 is 2.23 bits per heavy atom. The van der Waals surface area contributed by atoms with Crippen LogP contribution < -0.4 is 0 Å². The minimum Gasteiger partial charge on any atom is -0.374 e. The zero-order valence-electron chi connectivity index (χ0n) is 8.77. The Morgan fingerprint density at radius 3 is 2.77 bits per heavy atom. The molecule has 1 saturated heterocycles. The first-order valence-electron chi connectivity index (χ1n) is 5.38. The second-order valence-electron chi connectivity index (χ2n) is 3.95. The van der Waals surface area contributed by atoms with Crippen LogP contribution in [-0.4, -0.2) is 18.0 Å². The molecule has 0 aromatic carbocycles. The molecule has 1 aliphatic heterocycles. The lowest BCUT2D eigenvalue weighted by Gasteiger charge is -2.35. The van der Waals surface area contributed by atoms with Gasteiger partial charge < -0.3 is 4.74 Å². The van der Waals surface area contributed by atoms with Gasteiger partial charge >= 0.3 is 0 Å². The maximum absolute atomic E-state index is 11.3. The lowest BCUT2D eigenvalue weighted by Crippen LogP contribution is -2.39. The molecular weight excluding hydrogens is 164 g/mol. The van der Waals surface area contributed by atoms with E-state index in [1.807, 2.05) is 0 Å². The van der Waals surface area contributed by atoms with E-state index in [1.54, 1.807) is 0 Å². The van der Waals surface area contributed by atoms with Crippen LogP contribution in [0.4, 0.5) is 0 Å². The maximum atomic E-state index is 11.3. The third-order valence-corrected chi connectivity index (χ3v) is 2.94. The molecule has 1 atom stereocenters. The fourth-order valence-corrected chi connectivity index (χ4v) is 1.94. The summed E-state index contributed by atoms with van der Waals surface area (Å²) in [5.41, 5.74) is -0.106. The van der Waals surface area contributed by atoms with E-state index in [2.05, 4.69) is 13.8 Å². The molecular formula is C11H20O2. The van der Waals surface area contributed by atoms with Crippen LogP contribution in [0.1, 0.15) is 52.4 Å². The Labute approximate surface area is 80.7 Å². The molecule has 1 rings (SSSR count). The molecule has 0 saturated carbocycles. The van der Waals surface area contributed by atoms with Crippen molar-refractivity contribution < 1.29 is 9.53 Å². The molecule has 0 bridgehead atoms. The summed E-state index contributed by atoms with van der Waals surface area (Å²) in [6.45, 7) is 4.93. The minimum atomic E-state index is -0.106. The second kappa shape index (κ2) is 4.75. The van der Waals surface area contributed by atoms with Gasteiger partial charge in [0.25, 0.3) is 0 Å². The minimum absolute atomic E-state index is 0.106. The lowest BCUT2D eigenvalue weighted by atomic mass is 9.86. The number of ketones is 1. The zero-order chi connectivity index (χ0) is 9.73. The average molecular weight is 184 g/mol. The SMILES string of the molecule is CCCCC1(CC)CC(=O)CCO1. The van der Waals surface area contributed by atoms with Gasteiger partial charge in [0.2, 0.25) is 0 Å². The Balaban J connectivity index is 2.51. The van der Waals surface area contributed by atoms with Gasteiger partial charge in [0.05, 0.1) is 12.2 Å². The van der Waals surface area contributed by atoms with E-state index < -0.39 is 0 Å². The highest BCUT2D eigenvalue weighted by atomic mass is 16.5. The van der Waals surface area contributed by atoms with Crippen LogP contribution >= 0.6 is 0 Å². The summed E-state index contributed by atoms with van der Waals surface area (Å²) in [6.07, 6.45) is 5.63. The number of hydrogen-bond donors (Lipinski definition) is 0. The van der Waals surface area contributed by atoms with Gasteiger partial charge in [-0.1, -0.05) is 26.7 Å². The molecule has 0 aromatic heterocycles. The molecule has 0 aromatic rings. The van der Waals surface area contributed by atoms with Crippen LogP contribution in [0, 0.1) is 0 Å². The molecule has 0 aliphatic carbocycles. The van der Waals surface area contributed by atoms with Gasteiger partial charge in [-0.15, -0.1) is 0 Å². The summed E-state index contributed by atoms with van der Waals surface area (Å²) in [7, 11) is 0. The molecule has 0 radical (unpaired) electrons. The molecule has 0 spiro atoms. The highest BCUT2D eigenvalue weighted by Gasteiger charge is 2.34. The smallest absolute Gasteiger partial charge is 0.138 e. The van der Waals surface area contributed by atoms with Crippen molar-refractivity contribution >= 4 is 5.78 Å². The van der Waals surface area contributed by atoms with Crippen LogP contribution in [0.2, 0.25) is 0 Å². The van der Waals surface area contributed by atoms with Gasteiger partial charge in [-0.25, -0.2) is 0 Å². The van der Waals surface area contributed by atoms with E-state index in [1.165, 1.54) is 12.8 Å². The average Bonchev–Trinajstić information content (AvgIpc) is 2.15. The highest BCUT2D eigenvalue weighted by Crippen LogP contribution is 2.31. The fraction of sp³-hybridized carbons (Fsp3) is 0.909. The maximum Gasteiger partial charge on any atom is 0.138 e. The number of carbonyl (C=O) groups excluding carboxylic acids is 1. The predicted molar refractivity (Wildman–Crippen MR) is 52.7 cm³/mol. The first-order chi connectivity index (χ1) is 6.22. The van der Waals surface area contributed by atoms with E-state index in [4.69, 9.17) is 4.74 Å². The van der Waals surface area contributed by atoms with Crippen LogP contribution in [0.15, 0.2) is 0 Å². The third kappa shape index (κ3) is 2.80. The predicted octanol–water partition coefficient (Wildman–Crippen LogP) is 2.70. The van der Waals surface area contributed by atoms with E-state index >= 15 is 0 Å². The molecule has 2 nitrogen and oxygen atoms in total. The highest BCUT2D eigenvalue weighted by molar-refractivity contribution is 5.80. The summed E-state index contributed by atoms with van der Waals surface area (Å²) in [5.74, 6) is 0.379. The number of Topliss-reactive ketones (excluding diaryl/α,β-unsaturated/α-hetero) is 1. The van der Waals surface area contributed by atoms with Crippen LogP contribution in [0.5, 0.6) is 0 Å². The number of ether oxygens (including phenoxy) is 1. The molecule has 1 heterocycles. The van der Waals surface area contributed by atoms with E-state index in [9.17, 15) is 4.79 Å². The zero-order valence-corrected chi connectivity index (χ0v) is 8.77. The second-order valence-corrected chi connectivity index (χ2v) is 3.95. The standard InChI is InChI=1S/C11H20O2/c1-3-5-7-11(4-2)9-10(12)6-8-13-11/h3-9H2,1-2H3. The molecule has 2 heteroatoms. The van der Waals surface area contributed by atoms with E-state index in [-0.39, 0.29) is 5.60 Å². The first-order valence-corrected chi connectivity index (χ1v) is 5.38. The van der Waals surface area contributed by atoms with Gasteiger partial charge in [0.15, 0.2) is 0 Å². The molecule has 1 fully saturated rings. The van der Waals surface area contributed by atoms with Crippen molar-refractivity contribution in [1.82, 2.24) is 0 Å². The monoisotopic (exact) mass is 184 g/mol. The summed E-state index contributed by atoms with van der Waals surface area (Å²) in [6, 6.07) is 0. The Kier molecular flexibility index (Phi) is 3.91. The van der Waals surface area contributed by atoms with Crippen molar-refractivity contribution in [1.29, 1.82) is 0 Å². The topological polar surface area (TPSA) is 26.3 Å². The van der Waals surface area contributed by atoms with Crippen molar-refractivity contribution in [2.24, 2.45) is 0 Å². The molecule has 1 aliphatic rings. The van der Waals surface area contributed by atoms with Crippen molar-refractivity contribution in [3.8, 4) is 0 Å². The molecule has 0 amide bonds. The van der Waals surface area contributed by atoms with Crippen molar-refractivity contribution in [2.75, 3.05) is 6.61 Å². The Morgan fingerprint density at radius 1 is 1.46 bits per heavy atom. The summed E-state index contributed by atoms with van der Waals surface area (Å²) < 4.78 is 5.77. The quantitative estimate of drug-likeness (QED) is 0.671. The molecule has 0 N–H and O–H groups in total. The normalized spacial score (nSPS) is 29.2. The third-order valence-electron chi connectivity index (χ3n) is 2.94. The van der Waals surface area contributed by atoms with E-state index in [0.717, 1.165) is 12.8 Å². The van der Waals surface area contributed by atoms with Crippen molar-refractivity contribution in [3.05, 3.63) is 0 Å². The van der Waals surface area contributed by atoms with Gasteiger partial charge in [-0.2, -0.15) is 0 Å². The molecule has 13 heavy (non-hydrogen) atoms. The Hall–Kier alpha value is -0.370. The molecule has 76 valence electrons. The summed E-state index contributed by atoms with van der Waals surface area (Å²) in [4.78, 5) is 11.3. The first kappa shape index (κ1) is 10.7. The van der Waals surface area contributed by atoms with Gasteiger partial charge in [-0.3, -0.25) is 4.79 Å². The number of rotatable bonds is 4. The number of unbranched alkanes of at least 4 members (excludes halogenated alkanes) is 1. The number of hydrogen-bond acceptors (Lipinski definition) is 2. The Bertz CT molecular complexity index is 177. The summed E-state index contributed by atoms with van der Waals surface area (Å²) in [5, 5.41) is 0. The van der Waals surface area contributed by atoms with Crippen molar-refractivity contribution in [3.63, 3.8) is 0 Å². The fourth-order valence-electron chi connectivity index (χ4n) is 1.94. The van der Waals surface area contributed by atoms with Gasteiger partial charge in [0, 0.05) is 12.8 Å². The van der Waals surface area contributed by atoms with Crippen molar-refractivity contribution in [2.45, 2.75) is 58.0 Å². The van der Waals surface area contributed by atoms with E-state index in [0.29, 0.717) is 25.2 Å². The largest absolute Gasteiger partial charge is 0.374 e. The van der Waals surface area contributed by atoms with Gasteiger partial charge in [-0.05, 0) is 12.8 Å². The summed E-state index contributed by atoms with van der Waals surface area (Å²) >= 11 is 0. The van der Waals surface area contributed by atoms with Crippen LogP contribution in [0.3, 0.4) is 0 Å². The lowest BCUT2D eigenvalue weighted by molar-refractivity contribution is -0.141.